The van der Waals surface area contributed by atoms with Crippen molar-refractivity contribution >= 4 is 11.6 Å². The van der Waals surface area contributed by atoms with Crippen molar-refractivity contribution in [2.45, 2.75) is 20.3 Å². The van der Waals surface area contributed by atoms with Gasteiger partial charge in [-0.25, -0.2) is 0 Å². The van der Waals surface area contributed by atoms with Crippen LogP contribution in [0, 0.1) is 5.92 Å². The summed E-state index contributed by atoms with van der Waals surface area (Å²) >= 11 is 5.92. The number of benzene rings is 1. The number of halogens is 1. The minimum absolute atomic E-state index is 0.661. The normalized spacial score (nSPS) is 12.8. The summed E-state index contributed by atoms with van der Waals surface area (Å²) in [7, 11) is 0. The average molecular weight is 212 g/mol. The van der Waals surface area contributed by atoms with E-state index in [0.29, 0.717) is 5.92 Å². The number of hydrogen-bond acceptors (Lipinski definition) is 1. The summed E-state index contributed by atoms with van der Waals surface area (Å²) in [6.07, 6.45) is 1.09. The molecule has 0 saturated carbocycles. The van der Waals surface area contributed by atoms with Crippen molar-refractivity contribution in [3.05, 3.63) is 34.9 Å². The molecule has 0 aliphatic carbocycles. The second-order valence-electron chi connectivity index (χ2n) is 3.75. The summed E-state index contributed by atoms with van der Waals surface area (Å²) in [5.74, 6) is 0.661. The molecule has 0 aliphatic heterocycles. The van der Waals surface area contributed by atoms with Gasteiger partial charge in [-0.2, -0.15) is 0 Å². The van der Waals surface area contributed by atoms with Gasteiger partial charge in [-0.15, -0.1) is 0 Å². The number of nitrogens with one attached hydrogen (secondary N) is 1. The largest absolute Gasteiger partial charge is 0.317 e. The van der Waals surface area contributed by atoms with E-state index in [2.05, 4.69) is 25.2 Å². The lowest BCUT2D eigenvalue weighted by Crippen LogP contribution is -2.21. The fourth-order valence-corrected chi connectivity index (χ4v) is 1.74. The Balaban J connectivity index is 2.43. The zero-order valence-corrected chi connectivity index (χ0v) is 9.64. The maximum atomic E-state index is 5.92. The molecule has 1 aromatic carbocycles. The summed E-state index contributed by atoms with van der Waals surface area (Å²) < 4.78 is 0. The highest BCUT2D eigenvalue weighted by molar-refractivity contribution is 6.30. The SMILES string of the molecule is CCNCC(C)Cc1cccc(Cl)c1. The molecule has 0 bridgehead atoms. The van der Waals surface area contributed by atoms with Gasteiger partial charge in [0.05, 0.1) is 0 Å². The monoisotopic (exact) mass is 211 g/mol. The van der Waals surface area contributed by atoms with Crippen molar-refractivity contribution in [2.75, 3.05) is 13.1 Å². The van der Waals surface area contributed by atoms with Crippen LogP contribution in [0.15, 0.2) is 24.3 Å². The fraction of sp³-hybridized carbons (Fsp3) is 0.500. The second-order valence-corrected chi connectivity index (χ2v) is 4.18. The molecule has 0 saturated heterocycles. The van der Waals surface area contributed by atoms with Crippen molar-refractivity contribution in [3.63, 3.8) is 0 Å². The Morgan fingerprint density at radius 3 is 2.86 bits per heavy atom. The third-order valence-corrected chi connectivity index (χ3v) is 2.45. The Morgan fingerprint density at radius 1 is 1.43 bits per heavy atom. The number of rotatable bonds is 5. The molecule has 0 amide bonds. The minimum Gasteiger partial charge on any atom is -0.317 e. The van der Waals surface area contributed by atoms with Crippen LogP contribution in [0.5, 0.6) is 0 Å². The summed E-state index contributed by atoms with van der Waals surface area (Å²) in [4.78, 5) is 0. The first-order valence-electron chi connectivity index (χ1n) is 5.17. The standard InChI is InChI=1S/C12H18ClN/c1-3-14-9-10(2)7-11-5-4-6-12(13)8-11/h4-6,8,10,14H,3,7,9H2,1-2H3. The molecule has 1 aromatic rings. The second kappa shape index (κ2) is 6.05. The van der Waals surface area contributed by atoms with Crippen molar-refractivity contribution in [1.29, 1.82) is 0 Å². The van der Waals surface area contributed by atoms with Crippen LogP contribution in [0.4, 0.5) is 0 Å². The molecule has 2 heteroatoms. The molecule has 0 heterocycles. The van der Waals surface area contributed by atoms with Gasteiger partial charge >= 0.3 is 0 Å². The predicted octanol–water partition coefficient (Wildman–Crippen LogP) is 3.13. The molecule has 0 aliphatic rings. The van der Waals surface area contributed by atoms with Crippen molar-refractivity contribution in [1.82, 2.24) is 5.32 Å². The molecule has 0 aromatic heterocycles. The van der Waals surface area contributed by atoms with Gasteiger partial charge in [0, 0.05) is 5.02 Å². The topological polar surface area (TPSA) is 12.0 Å². The Morgan fingerprint density at radius 2 is 2.21 bits per heavy atom. The molecule has 0 radical (unpaired) electrons. The number of hydrogen-bond donors (Lipinski definition) is 1. The molecule has 1 atom stereocenters. The van der Waals surface area contributed by atoms with Gasteiger partial charge in [-0.05, 0) is 43.1 Å². The smallest absolute Gasteiger partial charge is 0.0408 e. The highest BCUT2D eigenvalue weighted by Crippen LogP contribution is 2.13. The maximum absolute atomic E-state index is 5.92. The predicted molar refractivity (Wildman–Crippen MR) is 62.9 cm³/mol. The third kappa shape index (κ3) is 4.12. The summed E-state index contributed by atoms with van der Waals surface area (Å²) in [6.45, 7) is 6.50. The van der Waals surface area contributed by atoms with Crippen LogP contribution in [0.2, 0.25) is 5.02 Å². The quantitative estimate of drug-likeness (QED) is 0.789. The minimum atomic E-state index is 0.661. The molecule has 1 N–H and O–H groups in total. The first-order chi connectivity index (χ1) is 6.72. The van der Waals surface area contributed by atoms with Crippen LogP contribution in [0.1, 0.15) is 19.4 Å². The molecule has 0 fully saturated rings. The van der Waals surface area contributed by atoms with Crippen LogP contribution in [-0.2, 0) is 6.42 Å². The van der Waals surface area contributed by atoms with Crippen LogP contribution in [-0.4, -0.2) is 13.1 Å². The summed E-state index contributed by atoms with van der Waals surface area (Å²) in [5.41, 5.74) is 1.32. The van der Waals surface area contributed by atoms with E-state index in [0.717, 1.165) is 24.5 Å². The lowest BCUT2D eigenvalue weighted by atomic mass is 10.0. The Labute approximate surface area is 91.5 Å². The van der Waals surface area contributed by atoms with Crippen molar-refractivity contribution < 1.29 is 0 Å². The Kier molecular flexibility index (Phi) is 4.99. The Bertz CT molecular complexity index is 273. The molecule has 14 heavy (non-hydrogen) atoms. The van der Waals surface area contributed by atoms with E-state index in [4.69, 9.17) is 11.6 Å². The van der Waals surface area contributed by atoms with Crippen LogP contribution >= 0.6 is 11.6 Å². The lowest BCUT2D eigenvalue weighted by molar-refractivity contribution is 0.521. The zero-order chi connectivity index (χ0) is 10.4. The van der Waals surface area contributed by atoms with Gasteiger partial charge < -0.3 is 5.32 Å². The van der Waals surface area contributed by atoms with E-state index in [1.54, 1.807) is 0 Å². The summed E-state index contributed by atoms with van der Waals surface area (Å²) in [5, 5.41) is 4.18. The molecular weight excluding hydrogens is 194 g/mol. The molecular formula is C12H18ClN. The molecule has 1 unspecified atom stereocenters. The van der Waals surface area contributed by atoms with Gasteiger partial charge in [-0.3, -0.25) is 0 Å². The van der Waals surface area contributed by atoms with E-state index >= 15 is 0 Å². The molecule has 0 spiro atoms. The van der Waals surface area contributed by atoms with E-state index in [9.17, 15) is 0 Å². The molecule has 1 nitrogen and oxygen atoms in total. The molecule has 78 valence electrons. The van der Waals surface area contributed by atoms with Crippen molar-refractivity contribution in [2.24, 2.45) is 5.92 Å². The lowest BCUT2D eigenvalue weighted by Gasteiger charge is -2.11. The first-order valence-corrected chi connectivity index (χ1v) is 5.55. The average Bonchev–Trinajstić information content (AvgIpc) is 2.15. The first kappa shape index (κ1) is 11.5. The van der Waals surface area contributed by atoms with Crippen LogP contribution < -0.4 is 5.32 Å². The highest BCUT2D eigenvalue weighted by atomic mass is 35.5. The summed E-state index contributed by atoms with van der Waals surface area (Å²) in [6, 6.07) is 8.11. The van der Waals surface area contributed by atoms with E-state index in [1.165, 1.54) is 5.56 Å². The van der Waals surface area contributed by atoms with Gasteiger partial charge in [0.15, 0.2) is 0 Å². The maximum Gasteiger partial charge on any atom is 0.0408 e. The van der Waals surface area contributed by atoms with E-state index in [-0.39, 0.29) is 0 Å². The third-order valence-electron chi connectivity index (χ3n) is 2.22. The zero-order valence-electron chi connectivity index (χ0n) is 8.89. The fourth-order valence-electron chi connectivity index (χ4n) is 1.53. The van der Waals surface area contributed by atoms with E-state index in [1.807, 2.05) is 18.2 Å². The van der Waals surface area contributed by atoms with Gasteiger partial charge in [0.2, 0.25) is 0 Å². The van der Waals surface area contributed by atoms with Crippen LogP contribution in [0.3, 0.4) is 0 Å². The molecule has 1 rings (SSSR count). The van der Waals surface area contributed by atoms with Gasteiger partial charge in [0.1, 0.15) is 0 Å². The highest BCUT2D eigenvalue weighted by Gasteiger charge is 2.02. The van der Waals surface area contributed by atoms with E-state index < -0.39 is 0 Å². The van der Waals surface area contributed by atoms with Crippen molar-refractivity contribution in [3.8, 4) is 0 Å². The van der Waals surface area contributed by atoms with Gasteiger partial charge in [-0.1, -0.05) is 37.6 Å². The van der Waals surface area contributed by atoms with Gasteiger partial charge in [0.25, 0.3) is 0 Å². The van der Waals surface area contributed by atoms with Crippen LogP contribution in [0.25, 0.3) is 0 Å². The Hall–Kier alpha value is -0.530.